The van der Waals surface area contributed by atoms with Crippen LogP contribution in [-0.2, 0) is 19.4 Å². The van der Waals surface area contributed by atoms with Gasteiger partial charge in [0.1, 0.15) is 0 Å². The van der Waals surface area contributed by atoms with Crippen LogP contribution < -0.4 is 10.4 Å². The van der Waals surface area contributed by atoms with Gasteiger partial charge in [-0.3, -0.25) is 14.8 Å². The lowest BCUT2D eigenvalue weighted by atomic mass is 10.2. The van der Waals surface area contributed by atoms with Gasteiger partial charge in [0.2, 0.25) is 5.91 Å². The Balaban J connectivity index is 1.84. The Labute approximate surface area is 194 Å². The largest absolute Gasteiger partial charge is 0.368 e. The van der Waals surface area contributed by atoms with Crippen molar-refractivity contribution in [3.05, 3.63) is 84.5 Å². The monoisotopic (exact) mass is 471 g/mol. The number of allylic oxidation sites excluding steroid dienone is 7. The molecule has 33 heavy (non-hydrogen) atoms. The molecular formula is C24H29N3O5S. The molecule has 1 saturated heterocycles. The number of nitrogens with zero attached hydrogens (tertiary/aromatic N) is 2. The molecule has 1 aromatic carbocycles. The quantitative estimate of drug-likeness (QED) is 0.261. The maximum atomic E-state index is 12.5. The van der Waals surface area contributed by atoms with Crippen LogP contribution in [0.1, 0.15) is 6.92 Å². The summed E-state index contributed by atoms with van der Waals surface area (Å²) in [6.07, 6.45) is 12.3. The molecule has 0 saturated carbocycles. The van der Waals surface area contributed by atoms with Crippen LogP contribution in [-0.4, -0.2) is 62.8 Å². The lowest BCUT2D eigenvalue weighted by Crippen LogP contribution is -2.48. The number of carbonyl (C=O) groups is 2. The fourth-order valence-corrected chi connectivity index (χ4v) is 3.68. The summed E-state index contributed by atoms with van der Waals surface area (Å²) in [5, 5.41) is 8.43. The van der Waals surface area contributed by atoms with Crippen LogP contribution in [0.3, 0.4) is 0 Å². The number of piperazine rings is 1. The number of hydrogen-bond donors (Lipinski definition) is 2. The lowest BCUT2D eigenvalue weighted by molar-refractivity contribution is -0.126. The van der Waals surface area contributed by atoms with Crippen LogP contribution in [0.5, 0.6) is 0 Å². The van der Waals surface area contributed by atoms with Gasteiger partial charge in [-0.05, 0) is 36.8 Å². The highest BCUT2D eigenvalue weighted by Gasteiger charge is 2.20. The van der Waals surface area contributed by atoms with Gasteiger partial charge in [0, 0.05) is 50.3 Å². The molecule has 1 aliphatic rings. The number of rotatable bonds is 8. The van der Waals surface area contributed by atoms with Crippen LogP contribution in [0.25, 0.3) is 0 Å². The van der Waals surface area contributed by atoms with E-state index in [1.807, 2.05) is 13.0 Å². The topological polar surface area (TPSA) is 107 Å². The van der Waals surface area contributed by atoms with Gasteiger partial charge in [-0.1, -0.05) is 42.5 Å². The molecule has 2 amide bonds. The number of hydrogen-bond acceptors (Lipinski definition) is 6. The smallest absolute Gasteiger partial charge is 0.267 e. The van der Waals surface area contributed by atoms with Crippen LogP contribution in [0, 0.1) is 0 Å². The molecule has 2 N–H and O–H groups in total. The van der Waals surface area contributed by atoms with E-state index in [0.29, 0.717) is 36.6 Å². The Hall–Kier alpha value is -3.43. The fraction of sp³-hybridized carbons (Fsp3) is 0.250. The molecule has 0 unspecified atom stereocenters. The summed E-state index contributed by atoms with van der Waals surface area (Å²) < 4.78 is 23.2. The van der Waals surface area contributed by atoms with Crippen molar-refractivity contribution in [2.24, 2.45) is 0 Å². The Bertz CT molecular complexity index is 1090. The normalized spacial score (nSPS) is 15.5. The molecule has 8 nitrogen and oxygen atoms in total. The van der Waals surface area contributed by atoms with Gasteiger partial charge < -0.3 is 9.80 Å². The number of amides is 2. The highest BCUT2D eigenvalue weighted by Crippen LogP contribution is 2.19. The Morgan fingerprint density at radius 1 is 1.00 bits per heavy atom. The third kappa shape index (κ3) is 8.55. The van der Waals surface area contributed by atoms with Crippen LogP contribution in [0.15, 0.2) is 89.4 Å². The summed E-state index contributed by atoms with van der Waals surface area (Å²) in [7, 11) is -3.22. The van der Waals surface area contributed by atoms with Crippen LogP contribution in [0.2, 0.25) is 0 Å². The minimum absolute atomic E-state index is 0.0684. The zero-order chi connectivity index (χ0) is 24.4. The van der Waals surface area contributed by atoms with E-state index in [9.17, 15) is 18.0 Å². The highest BCUT2D eigenvalue weighted by molar-refractivity contribution is 7.90. The first-order valence-corrected chi connectivity index (χ1v) is 12.2. The van der Waals surface area contributed by atoms with Gasteiger partial charge in [-0.15, -0.1) is 0 Å². The first kappa shape index (κ1) is 25.8. The summed E-state index contributed by atoms with van der Waals surface area (Å²) in [6, 6.07) is 6.79. The molecule has 0 aliphatic carbocycles. The molecule has 9 heteroatoms. The van der Waals surface area contributed by atoms with Crippen molar-refractivity contribution < 1.29 is 23.2 Å². The van der Waals surface area contributed by atoms with E-state index in [1.165, 1.54) is 23.9 Å². The van der Waals surface area contributed by atoms with Crippen LogP contribution in [0.4, 0.5) is 5.69 Å². The number of hydroxylamine groups is 1. The molecule has 0 atom stereocenters. The number of carbonyl (C=O) groups excluding carboxylic acids is 2. The fourth-order valence-electron chi connectivity index (χ4n) is 3.05. The van der Waals surface area contributed by atoms with Crippen molar-refractivity contribution in [1.82, 2.24) is 10.4 Å². The predicted molar refractivity (Wildman–Crippen MR) is 129 cm³/mol. The van der Waals surface area contributed by atoms with Crippen molar-refractivity contribution in [3.63, 3.8) is 0 Å². The SMILES string of the molecule is C=C(\C=C/C=C(C)/C=C/C(=O)N1CCN(c2ccc(S(C)(=O)=O)cc2)CC1)/C=C/C(=O)NO. The zero-order valence-corrected chi connectivity index (χ0v) is 19.6. The molecule has 1 fully saturated rings. The molecule has 0 spiro atoms. The van der Waals surface area contributed by atoms with E-state index in [2.05, 4.69) is 11.5 Å². The van der Waals surface area contributed by atoms with Crippen molar-refractivity contribution in [1.29, 1.82) is 0 Å². The van der Waals surface area contributed by atoms with E-state index >= 15 is 0 Å². The van der Waals surface area contributed by atoms with Crippen molar-refractivity contribution in [2.45, 2.75) is 11.8 Å². The second-order valence-electron chi connectivity index (χ2n) is 7.57. The number of anilines is 1. The molecule has 176 valence electrons. The first-order chi connectivity index (χ1) is 15.6. The Morgan fingerprint density at radius 2 is 1.64 bits per heavy atom. The van der Waals surface area contributed by atoms with E-state index < -0.39 is 15.7 Å². The molecule has 1 aliphatic heterocycles. The van der Waals surface area contributed by atoms with Crippen LogP contribution >= 0.6 is 0 Å². The Kier molecular flexibility index (Phi) is 9.38. The summed E-state index contributed by atoms with van der Waals surface area (Å²) in [5.74, 6) is -0.704. The molecule has 0 radical (unpaired) electrons. The molecular weight excluding hydrogens is 442 g/mol. The molecule has 0 aromatic heterocycles. The summed E-state index contributed by atoms with van der Waals surface area (Å²) >= 11 is 0. The number of sulfone groups is 1. The second kappa shape index (κ2) is 12.0. The average Bonchev–Trinajstić information content (AvgIpc) is 2.80. The van der Waals surface area contributed by atoms with Gasteiger partial charge in [0.25, 0.3) is 5.91 Å². The average molecular weight is 472 g/mol. The summed E-state index contributed by atoms with van der Waals surface area (Å²) in [4.78, 5) is 27.6. The predicted octanol–water partition coefficient (Wildman–Crippen LogP) is 2.42. The van der Waals surface area contributed by atoms with Crippen molar-refractivity contribution in [3.8, 4) is 0 Å². The maximum Gasteiger partial charge on any atom is 0.267 e. The minimum Gasteiger partial charge on any atom is -0.368 e. The first-order valence-electron chi connectivity index (χ1n) is 10.3. The zero-order valence-electron chi connectivity index (χ0n) is 18.8. The van der Waals surface area contributed by atoms with Gasteiger partial charge in [-0.2, -0.15) is 0 Å². The molecule has 0 bridgehead atoms. The highest BCUT2D eigenvalue weighted by atomic mass is 32.2. The molecule has 1 aromatic rings. The number of benzene rings is 1. The van der Waals surface area contributed by atoms with Gasteiger partial charge >= 0.3 is 0 Å². The van der Waals surface area contributed by atoms with Crippen molar-refractivity contribution in [2.75, 3.05) is 37.3 Å². The summed E-state index contributed by atoms with van der Waals surface area (Å²) in [6.45, 7) is 8.11. The second-order valence-corrected chi connectivity index (χ2v) is 9.58. The van der Waals surface area contributed by atoms with Gasteiger partial charge in [-0.25, -0.2) is 13.9 Å². The van der Waals surface area contributed by atoms with E-state index in [0.717, 1.165) is 17.3 Å². The third-order valence-electron chi connectivity index (χ3n) is 4.94. The maximum absolute atomic E-state index is 12.5. The van der Waals surface area contributed by atoms with Gasteiger partial charge in [0.15, 0.2) is 9.84 Å². The lowest BCUT2D eigenvalue weighted by Gasteiger charge is -2.35. The minimum atomic E-state index is -3.22. The van der Waals surface area contributed by atoms with E-state index in [-0.39, 0.29) is 5.91 Å². The van der Waals surface area contributed by atoms with Crippen molar-refractivity contribution >= 4 is 27.3 Å². The number of nitrogens with one attached hydrogen (secondary N) is 1. The van der Waals surface area contributed by atoms with E-state index in [1.54, 1.807) is 47.4 Å². The van der Waals surface area contributed by atoms with E-state index in [4.69, 9.17) is 5.21 Å². The van der Waals surface area contributed by atoms with Gasteiger partial charge in [0.05, 0.1) is 4.90 Å². The molecule has 2 rings (SSSR count). The third-order valence-corrected chi connectivity index (χ3v) is 6.07. The Morgan fingerprint density at radius 3 is 2.21 bits per heavy atom. The molecule has 1 heterocycles. The summed E-state index contributed by atoms with van der Waals surface area (Å²) in [5.41, 5.74) is 3.88. The standard InChI is InChI=1S/C24H29N3O5S/c1-19(7-13-23(28)25-30)5-4-6-20(2)8-14-24(29)27-17-15-26(16-18-27)21-9-11-22(12-10-21)33(3,31)32/h4-14,30H,1,15-18H2,2-3H3,(H,25,28)/b5-4-,13-7+,14-8+,20-6+.